The third-order valence-corrected chi connectivity index (χ3v) is 2.42. The normalized spacial score (nSPS) is 14.6. The maximum Gasteiger partial charge on any atom is 0.329 e. The molecule has 0 aliphatic carbocycles. The molecule has 2 rings (SSSR count). The summed E-state index contributed by atoms with van der Waals surface area (Å²) in [6.45, 7) is 1.40. The van der Waals surface area contributed by atoms with E-state index in [1.807, 2.05) is 12.1 Å². The molecule has 82 valence electrons. The molecule has 16 heavy (non-hydrogen) atoms. The summed E-state index contributed by atoms with van der Waals surface area (Å²) < 4.78 is 0. The lowest BCUT2D eigenvalue weighted by Gasteiger charge is -2.18. The Morgan fingerprint density at radius 3 is 2.62 bits per heavy atom. The minimum atomic E-state index is -1.52. The highest BCUT2D eigenvalue weighted by atomic mass is 16.4. The molecular formula is C11H11N3O2. The van der Waals surface area contributed by atoms with Gasteiger partial charge in [-0.25, -0.2) is 9.78 Å². The highest BCUT2D eigenvalue weighted by Crippen LogP contribution is 2.17. The predicted octanol–water partition coefficient (Wildman–Crippen LogP) is 0.888. The second kappa shape index (κ2) is 3.53. The molecule has 1 aromatic carbocycles. The number of nitrogens with zero attached hydrogens (tertiary/aromatic N) is 2. The Labute approximate surface area is 91.9 Å². The van der Waals surface area contributed by atoms with Crippen molar-refractivity contribution in [1.29, 1.82) is 0 Å². The van der Waals surface area contributed by atoms with Crippen LogP contribution in [0.25, 0.3) is 11.0 Å². The number of fused-ring (bicyclic) bond motifs is 1. The molecule has 5 nitrogen and oxygen atoms in total. The molecule has 0 radical (unpaired) electrons. The Bertz CT molecular complexity index is 552. The molecule has 0 aliphatic heterocycles. The number of hydrogen-bond donors (Lipinski definition) is 2. The van der Waals surface area contributed by atoms with Gasteiger partial charge in [-0.05, 0) is 19.1 Å². The average molecular weight is 217 g/mol. The molecule has 1 aromatic heterocycles. The summed E-state index contributed by atoms with van der Waals surface area (Å²) in [6, 6.07) is 7.23. The van der Waals surface area contributed by atoms with Gasteiger partial charge in [-0.15, -0.1) is 0 Å². The Morgan fingerprint density at radius 1 is 1.38 bits per heavy atom. The number of hydrogen-bond acceptors (Lipinski definition) is 4. The number of benzene rings is 1. The zero-order chi connectivity index (χ0) is 11.8. The van der Waals surface area contributed by atoms with Gasteiger partial charge in [-0.2, -0.15) is 0 Å². The van der Waals surface area contributed by atoms with Crippen LogP contribution < -0.4 is 5.73 Å². The maximum absolute atomic E-state index is 11.0. The number of aromatic nitrogens is 2. The van der Waals surface area contributed by atoms with Crippen molar-refractivity contribution in [1.82, 2.24) is 9.97 Å². The first-order valence-corrected chi connectivity index (χ1v) is 4.76. The number of carboxylic acid groups (broad SMARTS) is 1. The van der Waals surface area contributed by atoms with Crippen LogP contribution in [0.3, 0.4) is 0 Å². The van der Waals surface area contributed by atoms with Gasteiger partial charge in [0.05, 0.1) is 22.9 Å². The first kappa shape index (κ1) is 10.5. The topological polar surface area (TPSA) is 89.1 Å². The quantitative estimate of drug-likeness (QED) is 0.779. The van der Waals surface area contributed by atoms with E-state index in [9.17, 15) is 4.79 Å². The number of nitrogens with two attached hydrogens (primary N) is 1. The minimum absolute atomic E-state index is 0.249. The van der Waals surface area contributed by atoms with Gasteiger partial charge in [0, 0.05) is 0 Å². The molecule has 0 amide bonds. The molecule has 5 heteroatoms. The highest BCUT2D eigenvalue weighted by molar-refractivity contribution is 5.80. The standard InChI is InChI=1S/C11H11N3O2/c1-11(12,10(15)16)9-6-13-7-4-2-3-5-8(7)14-9/h2-6H,12H2,1H3,(H,15,16)/t11-/m1/s1. The molecule has 1 atom stereocenters. The van der Waals surface area contributed by atoms with E-state index >= 15 is 0 Å². The van der Waals surface area contributed by atoms with Crippen LogP contribution in [-0.4, -0.2) is 21.0 Å². The molecule has 1 heterocycles. The van der Waals surface area contributed by atoms with Crippen LogP contribution in [0.5, 0.6) is 0 Å². The van der Waals surface area contributed by atoms with E-state index in [-0.39, 0.29) is 5.69 Å². The van der Waals surface area contributed by atoms with Crippen molar-refractivity contribution in [3.05, 3.63) is 36.2 Å². The van der Waals surface area contributed by atoms with Crippen LogP contribution in [0.2, 0.25) is 0 Å². The SMILES string of the molecule is C[C@](N)(C(=O)O)c1cnc2ccccc2n1. The summed E-state index contributed by atoms with van der Waals surface area (Å²) in [5.74, 6) is -1.13. The van der Waals surface area contributed by atoms with Crippen molar-refractivity contribution in [2.45, 2.75) is 12.5 Å². The van der Waals surface area contributed by atoms with Crippen molar-refractivity contribution >= 4 is 17.0 Å². The van der Waals surface area contributed by atoms with Gasteiger partial charge in [0.15, 0.2) is 5.54 Å². The van der Waals surface area contributed by atoms with Gasteiger partial charge in [0.25, 0.3) is 0 Å². The Kier molecular flexibility index (Phi) is 2.32. The number of carbonyl (C=O) groups is 1. The molecule has 0 fully saturated rings. The van der Waals surface area contributed by atoms with E-state index in [1.54, 1.807) is 12.1 Å². The van der Waals surface area contributed by atoms with Gasteiger partial charge in [-0.3, -0.25) is 4.98 Å². The number of carboxylic acids is 1. The Balaban J connectivity index is 2.59. The molecule has 0 saturated carbocycles. The van der Waals surface area contributed by atoms with Crippen LogP contribution in [0, 0.1) is 0 Å². The van der Waals surface area contributed by atoms with Crippen molar-refractivity contribution in [3.63, 3.8) is 0 Å². The second-order valence-electron chi connectivity index (χ2n) is 3.75. The second-order valence-corrected chi connectivity index (χ2v) is 3.75. The van der Waals surface area contributed by atoms with Gasteiger partial charge in [0.2, 0.25) is 0 Å². The molecule has 0 bridgehead atoms. The van der Waals surface area contributed by atoms with E-state index in [0.29, 0.717) is 11.0 Å². The van der Waals surface area contributed by atoms with Crippen LogP contribution in [0.1, 0.15) is 12.6 Å². The van der Waals surface area contributed by atoms with Gasteiger partial charge in [0.1, 0.15) is 0 Å². The first-order valence-electron chi connectivity index (χ1n) is 4.76. The van der Waals surface area contributed by atoms with Crippen molar-refractivity contribution in [3.8, 4) is 0 Å². The minimum Gasteiger partial charge on any atom is -0.480 e. The van der Waals surface area contributed by atoms with Crippen molar-refractivity contribution in [2.75, 3.05) is 0 Å². The van der Waals surface area contributed by atoms with Crippen LogP contribution in [-0.2, 0) is 10.3 Å². The average Bonchev–Trinajstić information content (AvgIpc) is 2.28. The van der Waals surface area contributed by atoms with Gasteiger partial charge >= 0.3 is 5.97 Å². The van der Waals surface area contributed by atoms with Crippen LogP contribution in [0.4, 0.5) is 0 Å². The zero-order valence-corrected chi connectivity index (χ0v) is 8.71. The molecule has 0 saturated heterocycles. The number of para-hydroxylation sites is 2. The fourth-order valence-corrected chi connectivity index (χ4v) is 1.32. The highest BCUT2D eigenvalue weighted by Gasteiger charge is 2.32. The van der Waals surface area contributed by atoms with E-state index < -0.39 is 11.5 Å². The lowest BCUT2D eigenvalue weighted by atomic mass is 10.0. The van der Waals surface area contributed by atoms with Gasteiger partial charge in [-0.1, -0.05) is 12.1 Å². The predicted molar refractivity (Wildman–Crippen MR) is 58.7 cm³/mol. The van der Waals surface area contributed by atoms with Crippen LogP contribution >= 0.6 is 0 Å². The first-order chi connectivity index (χ1) is 7.51. The summed E-state index contributed by atoms with van der Waals surface area (Å²) in [5.41, 5.74) is 5.75. The fraction of sp³-hybridized carbons (Fsp3) is 0.182. The smallest absolute Gasteiger partial charge is 0.329 e. The third kappa shape index (κ3) is 1.61. The molecule has 2 aromatic rings. The van der Waals surface area contributed by atoms with E-state index in [2.05, 4.69) is 9.97 Å². The Hall–Kier alpha value is -2.01. The summed E-state index contributed by atoms with van der Waals surface area (Å²) in [7, 11) is 0. The lowest BCUT2D eigenvalue weighted by molar-refractivity contribution is -0.143. The Morgan fingerprint density at radius 2 is 2.00 bits per heavy atom. The van der Waals surface area contributed by atoms with E-state index in [4.69, 9.17) is 10.8 Å². The molecular weight excluding hydrogens is 206 g/mol. The largest absolute Gasteiger partial charge is 0.480 e. The summed E-state index contributed by atoms with van der Waals surface area (Å²) in [5, 5.41) is 8.97. The van der Waals surface area contributed by atoms with Gasteiger partial charge < -0.3 is 10.8 Å². The van der Waals surface area contributed by atoms with E-state index in [0.717, 1.165) is 0 Å². The van der Waals surface area contributed by atoms with Crippen LogP contribution in [0.15, 0.2) is 30.5 Å². The monoisotopic (exact) mass is 217 g/mol. The maximum atomic E-state index is 11.0. The summed E-state index contributed by atoms with van der Waals surface area (Å²) >= 11 is 0. The zero-order valence-electron chi connectivity index (χ0n) is 8.71. The van der Waals surface area contributed by atoms with Crippen molar-refractivity contribution < 1.29 is 9.90 Å². The van der Waals surface area contributed by atoms with E-state index in [1.165, 1.54) is 13.1 Å². The molecule has 3 N–H and O–H groups in total. The summed E-state index contributed by atoms with van der Waals surface area (Å²) in [6.07, 6.45) is 1.40. The lowest BCUT2D eigenvalue weighted by Crippen LogP contribution is -2.42. The molecule has 0 unspecified atom stereocenters. The molecule has 0 aliphatic rings. The number of rotatable bonds is 2. The molecule has 0 spiro atoms. The summed E-state index contributed by atoms with van der Waals surface area (Å²) in [4.78, 5) is 19.3. The number of aliphatic carboxylic acids is 1. The van der Waals surface area contributed by atoms with Crippen molar-refractivity contribution in [2.24, 2.45) is 5.73 Å². The fourth-order valence-electron chi connectivity index (χ4n) is 1.32. The third-order valence-electron chi connectivity index (χ3n) is 2.42.